The van der Waals surface area contributed by atoms with Crippen LogP contribution in [0.1, 0.15) is 25.8 Å². The molecule has 0 radical (unpaired) electrons. The van der Waals surface area contributed by atoms with Gasteiger partial charge in [0, 0.05) is 0 Å². The molecule has 1 saturated heterocycles. The van der Waals surface area contributed by atoms with Crippen molar-refractivity contribution < 1.29 is 14.0 Å². The Balaban J connectivity index is 2.51. The van der Waals surface area contributed by atoms with E-state index in [9.17, 15) is 14.0 Å². The Morgan fingerprint density at radius 3 is 2.65 bits per heavy atom. The van der Waals surface area contributed by atoms with Gasteiger partial charge in [-0.1, -0.05) is 6.92 Å². The van der Waals surface area contributed by atoms with E-state index >= 15 is 0 Å². The Morgan fingerprint density at radius 2 is 2.05 bits per heavy atom. The highest BCUT2D eigenvalue weighted by Gasteiger charge is 2.38. The largest absolute Gasteiger partial charge is 0.343 e. The van der Waals surface area contributed by atoms with Gasteiger partial charge in [-0.2, -0.15) is 0 Å². The zero-order valence-corrected chi connectivity index (χ0v) is 13.1. The molecule has 2 unspecified atom stereocenters. The van der Waals surface area contributed by atoms with Crippen LogP contribution in [-0.2, 0) is 9.59 Å². The average molecular weight is 343 g/mol. The number of nitrogens with one attached hydrogen (secondary N) is 1. The molecule has 0 aliphatic carbocycles. The van der Waals surface area contributed by atoms with Crippen LogP contribution in [0.3, 0.4) is 0 Å². The van der Waals surface area contributed by atoms with Gasteiger partial charge in [-0.15, -0.1) is 0 Å². The topological polar surface area (TPSA) is 49.4 Å². The number of carbonyl (C=O) groups excluding carboxylic acids is 2. The fourth-order valence-corrected chi connectivity index (χ4v) is 2.79. The molecule has 2 amide bonds. The molecular formula is C14H16BrFN2O2. The van der Waals surface area contributed by atoms with Crippen LogP contribution in [0.2, 0.25) is 0 Å². The molecule has 2 atom stereocenters. The number of hydrogen-bond donors (Lipinski definition) is 1. The number of benzene rings is 1. The van der Waals surface area contributed by atoms with Crippen LogP contribution in [-0.4, -0.2) is 23.9 Å². The van der Waals surface area contributed by atoms with E-state index in [4.69, 9.17) is 0 Å². The minimum Gasteiger partial charge on any atom is -0.343 e. The summed E-state index contributed by atoms with van der Waals surface area (Å²) in [6.07, 6.45) is 0.506. The van der Waals surface area contributed by atoms with Gasteiger partial charge in [-0.3, -0.25) is 14.5 Å². The molecule has 1 aliphatic heterocycles. The van der Waals surface area contributed by atoms with E-state index in [0.29, 0.717) is 16.6 Å². The lowest BCUT2D eigenvalue weighted by molar-refractivity contribution is -0.133. The minimum absolute atomic E-state index is 0.204. The lowest BCUT2D eigenvalue weighted by Crippen LogP contribution is -2.62. The number of anilines is 1. The number of nitrogens with zero attached hydrogens (tertiary/aromatic N) is 1. The third kappa shape index (κ3) is 2.44. The van der Waals surface area contributed by atoms with E-state index in [0.717, 1.165) is 5.56 Å². The maximum atomic E-state index is 13.8. The van der Waals surface area contributed by atoms with Crippen LogP contribution in [0.4, 0.5) is 10.1 Å². The van der Waals surface area contributed by atoms with E-state index in [1.54, 1.807) is 19.9 Å². The van der Waals surface area contributed by atoms with Gasteiger partial charge in [0.2, 0.25) is 11.8 Å². The van der Waals surface area contributed by atoms with Crippen molar-refractivity contribution >= 4 is 33.4 Å². The fraction of sp³-hybridized carbons (Fsp3) is 0.429. The zero-order chi connectivity index (χ0) is 15.0. The van der Waals surface area contributed by atoms with Crippen LogP contribution >= 0.6 is 15.9 Å². The molecule has 1 aromatic carbocycles. The van der Waals surface area contributed by atoms with Gasteiger partial charge in [0.25, 0.3) is 0 Å². The molecule has 20 heavy (non-hydrogen) atoms. The van der Waals surface area contributed by atoms with Gasteiger partial charge < -0.3 is 5.32 Å². The van der Waals surface area contributed by atoms with E-state index in [1.165, 1.54) is 11.0 Å². The molecule has 108 valence electrons. The van der Waals surface area contributed by atoms with Gasteiger partial charge in [-0.25, -0.2) is 4.39 Å². The molecular weight excluding hydrogens is 327 g/mol. The van der Waals surface area contributed by atoms with Crippen molar-refractivity contribution in [3.05, 3.63) is 28.0 Å². The van der Waals surface area contributed by atoms with E-state index < -0.39 is 17.9 Å². The highest BCUT2D eigenvalue weighted by atomic mass is 79.9. The summed E-state index contributed by atoms with van der Waals surface area (Å²) < 4.78 is 14.1. The van der Waals surface area contributed by atoms with Crippen LogP contribution < -0.4 is 10.2 Å². The minimum atomic E-state index is -0.649. The van der Waals surface area contributed by atoms with E-state index in [-0.39, 0.29) is 11.8 Å². The first-order valence-electron chi connectivity index (χ1n) is 6.46. The van der Waals surface area contributed by atoms with Crippen molar-refractivity contribution in [2.75, 3.05) is 4.90 Å². The molecule has 1 aromatic rings. The Kier molecular flexibility index (Phi) is 4.13. The monoisotopic (exact) mass is 342 g/mol. The maximum absolute atomic E-state index is 13.8. The molecule has 1 heterocycles. The van der Waals surface area contributed by atoms with Gasteiger partial charge in [0.15, 0.2) is 0 Å². The Bertz CT molecular complexity index is 577. The summed E-state index contributed by atoms with van der Waals surface area (Å²) in [4.78, 5) is 25.8. The molecule has 6 heteroatoms. The molecule has 0 bridgehead atoms. The van der Waals surface area contributed by atoms with Crippen molar-refractivity contribution in [3.8, 4) is 0 Å². The summed E-state index contributed by atoms with van der Waals surface area (Å²) in [6.45, 7) is 5.25. The number of carbonyl (C=O) groups is 2. The van der Waals surface area contributed by atoms with Crippen molar-refractivity contribution in [2.24, 2.45) is 0 Å². The van der Waals surface area contributed by atoms with Gasteiger partial charge in [-0.05, 0) is 53.9 Å². The first-order chi connectivity index (χ1) is 9.36. The first-order valence-corrected chi connectivity index (χ1v) is 7.25. The third-order valence-electron chi connectivity index (χ3n) is 3.53. The highest BCUT2D eigenvalue weighted by molar-refractivity contribution is 9.10. The summed E-state index contributed by atoms with van der Waals surface area (Å²) >= 11 is 3.11. The number of piperazine rings is 1. The summed E-state index contributed by atoms with van der Waals surface area (Å²) in [5.74, 6) is -0.881. The van der Waals surface area contributed by atoms with Crippen molar-refractivity contribution in [1.82, 2.24) is 5.32 Å². The van der Waals surface area contributed by atoms with Gasteiger partial charge in [0.1, 0.15) is 17.9 Å². The molecule has 0 aromatic heterocycles. The standard InChI is InChI=1S/C14H16BrFN2O2/c1-4-11-14(20)18(8(3)13(19)17-11)12-6-10(16)9(15)5-7(12)2/h5-6,8,11H,4H2,1-3H3,(H,17,19). The van der Waals surface area contributed by atoms with Crippen LogP contribution in [0.5, 0.6) is 0 Å². The number of aryl methyl sites for hydroxylation is 1. The summed E-state index contributed by atoms with van der Waals surface area (Å²) in [7, 11) is 0. The molecule has 0 saturated carbocycles. The second kappa shape index (κ2) is 5.52. The maximum Gasteiger partial charge on any atom is 0.250 e. The number of rotatable bonds is 2. The first kappa shape index (κ1) is 15.0. The van der Waals surface area contributed by atoms with Crippen LogP contribution in [0.25, 0.3) is 0 Å². The number of halogens is 2. The van der Waals surface area contributed by atoms with Gasteiger partial charge in [0.05, 0.1) is 10.2 Å². The Morgan fingerprint density at radius 1 is 1.40 bits per heavy atom. The van der Waals surface area contributed by atoms with Gasteiger partial charge >= 0.3 is 0 Å². The quantitative estimate of drug-likeness (QED) is 0.897. The van der Waals surface area contributed by atoms with Crippen molar-refractivity contribution in [3.63, 3.8) is 0 Å². The second-order valence-electron chi connectivity index (χ2n) is 4.91. The lowest BCUT2D eigenvalue weighted by atomic mass is 10.0. The molecule has 1 N–H and O–H groups in total. The van der Waals surface area contributed by atoms with E-state index in [2.05, 4.69) is 21.2 Å². The predicted molar refractivity (Wildman–Crippen MR) is 78.0 cm³/mol. The zero-order valence-electron chi connectivity index (χ0n) is 11.5. The molecule has 1 aliphatic rings. The summed E-state index contributed by atoms with van der Waals surface area (Å²) in [6, 6.07) is 1.70. The van der Waals surface area contributed by atoms with E-state index in [1.807, 2.05) is 6.92 Å². The molecule has 0 spiro atoms. The van der Waals surface area contributed by atoms with Crippen molar-refractivity contribution in [1.29, 1.82) is 0 Å². The fourth-order valence-electron chi connectivity index (χ4n) is 2.33. The predicted octanol–water partition coefficient (Wildman–Crippen LogP) is 2.53. The molecule has 4 nitrogen and oxygen atoms in total. The summed E-state index contributed by atoms with van der Waals surface area (Å²) in [5, 5.41) is 2.68. The SMILES string of the molecule is CCC1NC(=O)C(C)N(c2cc(F)c(Br)cc2C)C1=O. The lowest BCUT2D eigenvalue weighted by Gasteiger charge is -2.37. The Hall–Kier alpha value is -1.43. The summed E-state index contributed by atoms with van der Waals surface area (Å²) in [5.41, 5.74) is 1.18. The molecule has 1 fully saturated rings. The smallest absolute Gasteiger partial charge is 0.250 e. The normalized spacial score (nSPS) is 22.9. The van der Waals surface area contributed by atoms with Crippen molar-refractivity contribution in [2.45, 2.75) is 39.3 Å². The highest BCUT2D eigenvalue weighted by Crippen LogP contribution is 2.30. The average Bonchev–Trinajstić information content (AvgIpc) is 2.40. The molecule has 2 rings (SSSR count). The number of amides is 2. The van der Waals surface area contributed by atoms with Crippen LogP contribution in [0.15, 0.2) is 16.6 Å². The number of hydrogen-bond acceptors (Lipinski definition) is 2. The third-order valence-corrected chi connectivity index (χ3v) is 4.13. The van der Waals surface area contributed by atoms with Crippen LogP contribution in [0, 0.1) is 12.7 Å². The Labute approximate surface area is 125 Å². The second-order valence-corrected chi connectivity index (χ2v) is 5.76.